The molecule has 0 spiro atoms. The van der Waals surface area contributed by atoms with Crippen LogP contribution in [0.2, 0.25) is 0 Å². The first-order valence-corrected chi connectivity index (χ1v) is 23.0. The van der Waals surface area contributed by atoms with Crippen molar-refractivity contribution in [1.29, 1.82) is 0 Å². The molecule has 0 saturated carbocycles. The largest absolute Gasteiger partial charge is 0.173 e. The maximum atomic E-state index is 4.93. The molecule has 9 heteroatoms. The van der Waals surface area contributed by atoms with E-state index in [9.17, 15) is 0 Å². The van der Waals surface area contributed by atoms with E-state index in [0.717, 1.165) is 70.5 Å². The number of aromatic nitrogens is 4. The van der Waals surface area contributed by atoms with E-state index in [0.29, 0.717) is 0 Å². The number of hydrogen-bond donors (Lipinski definition) is 0. The molecule has 5 heterocycles. The molecule has 2 unspecified atom stereocenters. The minimum atomic E-state index is -0.143. The average Bonchev–Trinajstić information content (AvgIpc) is 3.99. The molecule has 7 aromatic rings. The van der Waals surface area contributed by atoms with Crippen LogP contribution >= 0.6 is 57.5 Å². The van der Waals surface area contributed by atoms with Gasteiger partial charge in [-0.1, -0.05) is 86.3 Å². The summed E-state index contributed by atoms with van der Waals surface area (Å²) in [5.41, 5.74) is 9.33. The van der Waals surface area contributed by atoms with Crippen LogP contribution in [0.15, 0.2) is 48.6 Å². The van der Waals surface area contributed by atoms with Gasteiger partial charge in [0.1, 0.15) is 22.1 Å². The first kappa shape index (κ1) is 37.5. The maximum Gasteiger partial charge on any atom is 0.114 e. The van der Waals surface area contributed by atoms with E-state index >= 15 is 0 Å². The van der Waals surface area contributed by atoms with E-state index in [1.165, 1.54) is 90.2 Å². The number of thiophene rings is 3. The van der Waals surface area contributed by atoms with Gasteiger partial charge in [0.2, 0.25) is 0 Å². The number of unbranched alkanes of at least 4 members (excludes halogenated alkanes) is 1. The van der Waals surface area contributed by atoms with Crippen molar-refractivity contribution in [2.75, 3.05) is 0 Å². The van der Waals surface area contributed by atoms with Crippen molar-refractivity contribution in [3.05, 3.63) is 70.1 Å². The van der Waals surface area contributed by atoms with Gasteiger partial charge in [-0.3, -0.25) is 0 Å². The predicted molar refractivity (Wildman–Crippen MR) is 233 cm³/mol. The molecule has 5 aromatic heterocycles. The highest BCUT2D eigenvalue weighted by Gasteiger charge is 2.30. The van der Waals surface area contributed by atoms with Crippen LogP contribution < -0.4 is 0 Å². The highest BCUT2D eigenvalue weighted by atomic mass is 32.1. The Bertz CT molecular complexity index is 2370. The molecule has 0 fully saturated rings. The summed E-state index contributed by atoms with van der Waals surface area (Å²) < 4.78 is 19.6. The molecule has 2 aromatic carbocycles. The Morgan fingerprint density at radius 1 is 0.635 bits per heavy atom. The van der Waals surface area contributed by atoms with Crippen LogP contribution in [0.4, 0.5) is 0 Å². The number of hydrogen-bond acceptors (Lipinski definition) is 9. The smallest absolute Gasteiger partial charge is 0.114 e. The third-order valence-electron chi connectivity index (χ3n) is 11.2. The first-order chi connectivity index (χ1) is 25.2. The minimum absolute atomic E-state index is 0.143. The molecule has 0 bridgehead atoms. The van der Waals surface area contributed by atoms with Crippen LogP contribution in [0.3, 0.4) is 0 Å². The highest BCUT2D eigenvalue weighted by Crippen LogP contribution is 2.50. The van der Waals surface area contributed by atoms with E-state index in [1.54, 1.807) is 4.88 Å². The molecular formula is C43H50N4S5. The van der Waals surface area contributed by atoms with Crippen molar-refractivity contribution in [2.24, 2.45) is 0 Å². The van der Waals surface area contributed by atoms with Gasteiger partial charge in [-0.25, -0.2) is 0 Å². The second kappa shape index (κ2) is 15.5. The van der Waals surface area contributed by atoms with Crippen molar-refractivity contribution < 1.29 is 0 Å². The predicted octanol–water partition coefficient (Wildman–Crippen LogP) is 15.0. The van der Waals surface area contributed by atoms with Crippen molar-refractivity contribution in [3.8, 4) is 29.9 Å². The Kier molecular flexibility index (Phi) is 11.2. The van der Waals surface area contributed by atoms with Crippen LogP contribution in [0.1, 0.15) is 122 Å². The van der Waals surface area contributed by atoms with Crippen molar-refractivity contribution >= 4 is 90.3 Å². The van der Waals surface area contributed by atoms with Gasteiger partial charge in [0, 0.05) is 56.4 Å². The Hall–Kier alpha value is -2.82. The zero-order valence-electron chi connectivity index (χ0n) is 31.8. The summed E-state index contributed by atoms with van der Waals surface area (Å²) in [7, 11) is 0. The zero-order chi connectivity index (χ0) is 36.6. The van der Waals surface area contributed by atoms with Gasteiger partial charge < -0.3 is 0 Å². The topological polar surface area (TPSA) is 51.6 Å². The molecule has 7 rings (SSSR count). The summed E-state index contributed by atoms with van der Waals surface area (Å²) in [6.45, 7) is 18.4. The average molecular weight is 783 g/mol. The molecule has 4 nitrogen and oxygen atoms in total. The third-order valence-corrected chi connectivity index (χ3v) is 16.4. The van der Waals surface area contributed by atoms with E-state index in [1.807, 2.05) is 22.7 Å². The fourth-order valence-corrected chi connectivity index (χ4v) is 12.8. The molecule has 0 aliphatic heterocycles. The number of benzene rings is 2. The maximum absolute atomic E-state index is 4.93. The Morgan fingerprint density at radius 2 is 1.25 bits per heavy atom. The lowest BCUT2D eigenvalue weighted by Crippen LogP contribution is -2.19. The molecule has 0 radical (unpaired) electrons. The van der Waals surface area contributed by atoms with E-state index in [2.05, 4.69) is 115 Å². The molecular weight excluding hydrogens is 733 g/mol. The number of rotatable bonds is 15. The quantitative estimate of drug-likeness (QED) is 0.0972. The monoisotopic (exact) mass is 782 g/mol. The number of aryl methyl sites for hydroxylation is 2. The summed E-state index contributed by atoms with van der Waals surface area (Å²) in [6, 6.07) is 14.4. The van der Waals surface area contributed by atoms with Crippen molar-refractivity contribution in [3.63, 3.8) is 0 Å². The van der Waals surface area contributed by atoms with Crippen molar-refractivity contribution in [1.82, 2.24) is 17.5 Å². The highest BCUT2D eigenvalue weighted by molar-refractivity contribution is 7.27. The van der Waals surface area contributed by atoms with Crippen LogP contribution in [-0.2, 0) is 23.7 Å². The summed E-state index contributed by atoms with van der Waals surface area (Å²) in [6.07, 6.45) is 14.8. The lowest BCUT2D eigenvalue weighted by atomic mass is 9.78. The number of fused-ring (bicyclic) bond motifs is 5. The Labute approximate surface area is 329 Å². The molecule has 52 heavy (non-hydrogen) atoms. The molecule has 272 valence electrons. The molecule has 0 aliphatic rings. The van der Waals surface area contributed by atoms with Gasteiger partial charge in [-0.2, -0.15) is 17.5 Å². The Balaban J connectivity index is 1.34. The molecule has 0 N–H and O–H groups in total. The summed E-state index contributed by atoms with van der Waals surface area (Å²) in [5, 5.41) is 2.23. The molecule has 0 saturated heterocycles. The van der Waals surface area contributed by atoms with Crippen LogP contribution in [0.5, 0.6) is 0 Å². The second-order valence-corrected chi connectivity index (χ2v) is 19.0. The lowest BCUT2D eigenvalue weighted by molar-refractivity contribution is 0.410. The van der Waals surface area contributed by atoms with Gasteiger partial charge in [0.15, 0.2) is 0 Å². The second-order valence-electron chi connectivity index (χ2n) is 14.7. The number of nitrogens with zero attached hydrogens (tertiary/aromatic N) is 4. The fraction of sp³-hybridized carbons (Fsp3) is 0.442. The van der Waals surface area contributed by atoms with Gasteiger partial charge in [0.25, 0.3) is 0 Å². The van der Waals surface area contributed by atoms with Crippen LogP contribution in [0.25, 0.3) is 62.8 Å². The Morgan fingerprint density at radius 3 is 1.88 bits per heavy atom. The van der Waals surface area contributed by atoms with Gasteiger partial charge in [0.05, 0.1) is 23.5 Å². The van der Waals surface area contributed by atoms with Gasteiger partial charge in [-0.05, 0) is 92.1 Å². The van der Waals surface area contributed by atoms with E-state index in [4.69, 9.17) is 17.5 Å². The van der Waals surface area contributed by atoms with Crippen LogP contribution in [-0.4, -0.2) is 17.5 Å². The summed E-state index contributed by atoms with van der Waals surface area (Å²) in [5.74, 6) is 0. The van der Waals surface area contributed by atoms with Gasteiger partial charge in [-0.15, -0.1) is 34.0 Å². The summed E-state index contributed by atoms with van der Waals surface area (Å²) in [4.78, 5) is 8.46. The van der Waals surface area contributed by atoms with E-state index < -0.39 is 0 Å². The minimum Gasteiger partial charge on any atom is -0.173 e. The van der Waals surface area contributed by atoms with Crippen LogP contribution in [0, 0.1) is 0 Å². The first-order valence-electron chi connectivity index (χ1n) is 19.1. The molecule has 0 amide bonds. The number of allylic oxidation sites excluding steroid dienone is 2. The standard InChI is InChI=1S/C43H50N4S5/c1-9-15-21-43(8,14-6)35-23-27(17-11-3)41(50-35)33-19-18-32(48-33)40-26(16-10-2)22-34(49-40)30-24-28-29(36-38(30)46-51-44-36)25-31(39-37(28)45-52-47-39)42(7,13-5)20-12-4/h12,18-20,22-25H,9-11,13-17,21H2,1-8H3/b20-12-. The SMILES string of the molecule is C/C=C\C(C)(CC)c1cc2c(cc(-c3cc(CCC)c(-c4ccc(-c5sc(C(C)(CC)CCCC)cc5CCC)s4)s3)c3nsnc32)c2nsnc12. The molecule has 2 atom stereocenters. The normalized spacial score (nSPS) is 14.7. The van der Waals surface area contributed by atoms with Crippen molar-refractivity contribution in [2.45, 2.75) is 124 Å². The van der Waals surface area contributed by atoms with E-state index in [-0.39, 0.29) is 10.8 Å². The molecule has 0 aliphatic carbocycles. The zero-order valence-corrected chi connectivity index (χ0v) is 35.9. The third kappa shape index (κ3) is 6.63. The van der Waals surface area contributed by atoms with Gasteiger partial charge >= 0.3 is 0 Å². The summed E-state index contributed by atoms with van der Waals surface area (Å²) >= 11 is 8.55. The fourth-order valence-electron chi connectivity index (χ4n) is 7.68. The lowest BCUT2D eigenvalue weighted by Gasteiger charge is -2.27.